The predicted molar refractivity (Wildman–Crippen MR) is 69.4 cm³/mol. The van der Waals surface area contributed by atoms with Crippen molar-refractivity contribution in [3.05, 3.63) is 36.4 Å². The van der Waals surface area contributed by atoms with Crippen LogP contribution in [-0.2, 0) is 4.79 Å². The second kappa shape index (κ2) is 5.19. The van der Waals surface area contributed by atoms with Crippen LogP contribution in [0.15, 0.2) is 36.4 Å². The fraction of sp³-hybridized carbons (Fsp3) is 0.143. The Hall–Kier alpha value is -2.54. The molecule has 4 heteroatoms. The van der Waals surface area contributed by atoms with Crippen LogP contribution in [0.2, 0.25) is 0 Å². The van der Waals surface area contributed by atoms with E-state index >= 15 is 0 Å². The quantitative estimate of drug-likeness (QED) is 0.897. The van der Waals surface area contributed by atoms with Gasteiger partial charge in [-0.3, -0.25) is 4.79 Å². The molecule has 0 aliphatic carbocycles. The highest BCUT2D eigenvalue weighted by Gasteiger charge is 2.02. The Morgan fingerprint density at radius 2 is 2.00 bits per heavy atom. The van der Waals surface area contributed by atoms with Crippen LogP contribution in [0.5, 0.6) is 5.75 Å². The monoisotopic (exact) mass is 240 g/mol. The molecule has 0 bridgehead atoms. The summed E-state index contributed by atoms with van der Waals surface area (Å²) in [5.41, 5.74) is 0.688. The highest BCUT2D eigenvalue weighted by Crippen LogP contribution is 2.23. The number of ether oxygens (including phenoxy) is 1. The zero-order valence-corrected chi connectivity index (χ0v) is 9.93. The molecule has 0 aromatic heterocycles. The molecule has 0 spiro atoms. The molecule has 4 nitrogen and oxygen atoms in total. The molecule has 0 aliphatic heterocycles. The summed E-state index contributed by atoms with van der Waals surface area (Å²) in [5, 5.41) is 13.1. The van der Waals surface area contributed by atoms with Gasteiger partial charge in [0.25, 0.3) is 0 Å². The summed E-state index contributed by atoms with van der Waals surface area (Å²) >= 11 is 0. The Bertz CT molecular complexity index is 629. The van der Waals surface area contributed by atoms with Crippen LogP contribution in [-0.4, -0.2) is 13.0 Å². The van der Waals surface area contributed by atoms with Crippen LogP contribution in [0.25, 0.3) is 10.8 Å². The number of methoxy groups -OCH3 is 1. The topological polar surface area (TPSA) is 62.1 Å². The van der Waals surface area contributed by atoms with Crippen molar-refractivity contribution in [1.29, 1.82) is 5.26 Å². The van der Waals surface area contributed by atoms with E-state index in [4.69, 9.17) is 10.00 Å². The Labute approximate surface area is 105 Å². The smallest absolute Gasteiger partial charge is 0.238 e. The Kier molecular flexibility index (Phi) is 3.44. The van der Waals surface area contributed by atoms with E-state index in [0.29, 0.717) is 5.69 Å². The van der Waals surface area contributed by atoms with E-state index in [0.717, 1.165) is 16.5 Å². The van der Waals surface area contributed by atoms with Crippen molar-refractivity contribution in [3.63, 3.8) is 0 Å². The first-order valence-corrected chi connectivity index (χ1v) is 5.47. The lowest BCUT2D eigenvalue weighted by atomic mass is 10.1. The van der Waals surface area contributed by atoms with Gasteiger partial charge in [0.1, 0.15) is 12.2 Å². The van der Waals surface area contributed by atoms with Crippen LogP contribution < -0.4 is 10.1 Å². The van der Waals surface area contributed by atoms with Gasteiger partial charge >= 0.3 is 0 Å². The largest absolute Gasteiger partial charge is 0.497 e. The van der Waals surface area contributed by atoms with Gasteiger partial charge in [0.15, 0.2) is 0 Å². The molecule has 0 unspecified atom stereocenters. The Balaban J connectivity index is 2.28. The summed E-state index contributed by atoms with van der Waals surface area (Å²) in [7, 11) is 1.62. The van der Waals surface area contributed by atoms with E-state index in [-0.39, 0.29) is 12.3 Å². The van der Waals surface area contributed by atoms with Gasteiger partial charge in [0, 0.05) is 5.69 Å². The van der Waals surface area contributed by atoms with Gasteiger partial charge in [0.2, 0.25) is 5.91 Å². The third kappa shape index (κ3) is 2.58. The minimum Gasteiger partial charge on any atom is -0.497 e. The van der Waals surface area contributed by atoms with Gasteiger partial charge in [-0.2, -0.15) is 5.26 Å². The molecule has 1 N–H and O–H groups in total. The van der Waals surface area contributed by atoms with Gasteiger partial charge in [-0.25, -0.2) is 0 Å². The Morgan fingerprint density at radius 3 is 2.72 bits per heavy atom. The number of carbonyl (C=O) groups is 1. The first-order valence-electron chi connectivity index (χ1n) is 5.47. The van der Waals surface area contributed by atoms with Crippen molar-refractivity contribution in [1.82, 2.24) is 0 Å². The molecule has 18 heavy (non-hydrogen) atoms. The number of benzene rings is 2. The zero-order valence-electron chi connectivity index (χ0n) is 9.93. The number of nitrogens with one attached hydrogen (secondary N) is 1. The lowest BCUT2D eigenvalue weighted by Gasteiger charge is -2.06. The number of fused-ring (bicyclic) bond motifs is 1. The van der Waals surface area contributed by atoms with Crippen LogP contribution in [0.1, 0.15) is 6.42 Å². The number of rotatable bonds is 3. The number of nitrogens with zero attached hydrogens (tertiary/aromatic N) is 1. The average Bonchev–Trinajstić information content (AvgIpc) is 2.38. The first kappa shape index (κ1) is 11.9. The summed E-state index contributed by atoms with van der Waals surface area (Å²) in [4.78, 5) is 11.3. The van der Waals surface area contributed by atoms with Gasteiger partial charge in [0.05, 0.1) is 13.2 Å². The normalized spacial score (nSPS) is 9.78. The van der Waals surface area contributed by atoms with Crippen molar-refractivity contribution >= 4 is 22.4 Å². The highest BCUT2D eigenvalue weighted by atomic mass is 16.5. The highest BCUT2D eigenvalue weighted by molar-refractivity contribution is 5.95. The minimum atomic E-state index is -0.301. The van der Waals surface area contributed by atoms with Gasteiger partial charge in [-0.05, 0) is 35.0 Å². The number of nitriles is 1. The second-order valence-corrected chi connectivity index (χ2v) is 3.81. The molecule has 1 amide bonds. The van der Waals surface area contributed by atoms with Crippen molar-refractivity contribution < 1.29 is 9.53 Å². The molecule has 0 aliphatic rings. The van der Waals surface area contributed by atoms with E-state index in [1.54, 1.807) is 13.2 Å². The molecule has 0 saturated heterocycles. The van der Waals surface area contributed by atoms with Crippen molar-refractivity contribution in [2.75, 3.05) is 12.4 Å². The molecule has 2 aromatic carbocycles. The maximum Gasteiger partial charge on any atom is 0.238 e. The summed E-state index contributed by atoms with van der Waals surface area (Å²) in [6, 6.07) is 13.1. The minimum absolute atomic E-state index is 0.138. The molecule has 2 rings (SSSR count). The van der Waals surface area contributed by atoms with Crippen LogP contribution in [0.3, 0.4) is 0 Å². The Morgan fingerprint density at radius 1 is 1.28 bits per heavy atom. The fourth-order valence-corrected chi connectivity index (χ4v) is 1.71. The predicted octanol–water partition coefficient (Wildman–Crippen LogP) is 2.70. The summed E-state index contributed by atoms with van der Waals surface area (Å²) in [6.45, 7) is 0. The molecule has 2 aromatic rings. The van der Waals surface area contributed by atoms with Gasteiger partial charge < -0.3 is 10.1 Å². The first-order chi connectivity index (χ1) is 8.72. The molecule has 0 fully saturated rings. The zero-order chi connectivity index (χ0) is 13.0. The van der Waals surface area contributed by atoms with Crippen molar-refractivity contribution in [3.8, 4) is 11.8 Å². The molecule has 90 valence electrons. The number of carbonyl (C=O) groups excluding carboxylic acids is 1. The SMILES string of the molecule is COc1ccc2cc(NC(=O)CC#N)ccc2c1. The lowest BCUT2D eigenvalue weighted by Crippen LogP contribution is -2.09. The van der Waals surface area contributed by atoms with E-state index in [1.165, 1.54) is 0 Å². The third-order valence-corrected chi connectivity index (χ3v) is 2.57. The second-order valence-electron chi connectivity index (χ2n) is 3.81. The van der Waals surface area contributed by atoms with Gasteiger partial charge in [-0.15, -0.1) is 0 Å². The molecule has 0 heterocycles. The fourth-order valence-electron chi connectivity index (χ4n) is 1.71. The molecule has 0 atom stereocenters. The maximum absolute atomic E-state index is 11.3. The molecule has 0 radical (unpaired) electrons. The molecular weight excluding hydrogens is 228 g/mol. The standard InChI is InChI=1S/C14H12N2O2/c1-18-13-5-3-10-8-12(4-2-11(10)9-13)16-14(17)6-7-15/h2-5,8-9H,6H2,1H3,(H,16,17). The summed E-state index contributed by atoms with van der Waals surface area (Å²) in [6.07, 6.45) is -0.138. The van der Waals surface area contributed by atoms with Crippen LogP contribution in [0, 0.1) is 11.3 Å². The van der Waals surface area contributed by atoms with E-state index in [2.05, 4.69) is 5.32 Å². The van der Waals surface area contributed by atoms with Crippen molar-refractivity contribution in [2.24, 2.45) is 0 Å². The van der Waals surface area contributed by atoms with Crippen LogP contribution in [0.4, 0.5) is 5.69 Å². The number of hydrogen-bond donors (Lipinski definition) is 1. The van der Waals surface area contributed by atoms with E-state index < -0.39 is 0 Å². The third-order valence-electron chi connectivity index (χ3n) is 2.57. The van der Waals surface area contributed by atoms with Crippen molar-refractivity contribution in [2.45, 2.75) is 6.42 Å². The average molecular weight is 240 g/mol. The number of hydrogen-bond acceptors (Lipinski definition) is 3. The summed E-state index contributed by atoms with van der Waals surface area (Å²) in [5.74, 6) is 0.495. The van der Waals surface area contributed by atoms with Gasteiger partial charge in [-0.1, -0.05) is 12.1 Å². The number of anilines is 1. The number of amides is 1. The molecular formula is C14H12N2O2. The lowest BCUT2D eigenvalue weighted by molar-refractivity contribution is -0.115. The van der Waals surface area contributed by atoms with E-state index in [1.807, 2.05) is 36.4 Å². The molecule has 0 saturated carbocycles. The van der Waals surface area contributed by atoms with E-state index in [9.17, 15) is 4.79 Å². The summed E-state index contributed by atoms with van der Waals surface area (Å²) < 4.78 is 5.14. The van der Waals surface area contributed by atoms with Crippen LogP contribution >= 0.6 is 0 Å². The maximum atomic E-state index is 11.3.